The average molecular weight is 284 g/mol. The molecule has 0 fully saturated rings. The van der Waals surface area contributed by atoms with Gasteiger partial charge in [0.05, 0.1) is 12.8 Å². The van der Waals surface area contributed by atoms with Crippen LogP contribution in [-0.4, -0.2) is 17.6 Å². The SMILES string of the molecule is COc1ccc(N)cc1NC(=O)C(C)n1cccc1C#N. The van der Waals surface area contributed by atoms with E-state index in [1.165, 1.54) is 7.11 Å². The number of rotatable bonds is 4. The molecule has 6 heteroatoms. The van der Waals surface area contributed by atoms with Crippen LogP contribution in [0.2, 0.25) is 0 Å². The lowest BCUT2D eigenvalue weighted by molar-refractivity contribution is -0.118. The predicted octanol–water partition coefficient (Wildman–Crippen LogP) is 2.15. The number of nitrogens with one attached hydrogen (secondary N) is 1. The third-order valence-electron chi connectivity index (χ3n) is 3.17. The Kier molecular flexibility index (Phi) is 4.14. The van der Waals surface area contributed by atoms with Crippen molar-refractivity contribution in [1.82, 2.24) is 4.57 Å². The van der Waals surface area contributed by atoms with Gasteiger partial charge >= 0.3 is 0 Å². The van der Waals surface area contributed by atoms with E-state index < -0.39 is 6.04 Å². The van der Waals surface area contributed by atoms with Crippen LogP contribution in [0.15, 0.2) is 36.5 Å². The molecule has 0 aliphatic heterocycles. The summed E-state index contributed by atoms with van der Waals surface area (Å²) in [5, 5.41) is 11.8. The fourth-order valence-corrected chi connectivity index (χ4v) is 2.01. The van der Waals surface area contributed by atoms with Crippen LogP contribution in [0, 0.1) is 11.3 Å². The molecule has 108 valence electrons. The number of anilines is 2. The summed E-state index contributed by atoms with van der Waals surface area (Å²) < 4.78 is 6.79. The van der Waals surface area contributed by atoms with E-state index in [1.807, 2.05) is 6.07 Å². The van der Waals surface area contributed by atoms with Crippen LogP contribution in [0.3, 0.4) is 0 Å². The Bertz CT molecular complexity index is 700. The highest BCUT2D eigenvalue weighted by Gasteiger charge is 2.18. The number of hydrogen-bond donors (Lipinski definition) is 2. The van der Waals surface area contributed by atoms with Crippen molar-refractivity contribution in [1.29, 1.82) is 5.26 Å². The van der Waals surface area contributed by atoms with Gasteiger partial charge in [-0.3, -0.25) is 4.79 Å². The summed E-state index contributed by atoms with van der Waals surface area (Å²) in [6.45, 7) is 1.72. The van der Waals surface area contributed by atoms with Crippen molar-refractivity contribution in [3.63, 3.8) is 0 Å². The second-order valence-electron chi connectivity index (χ2n) is 4.54. The molecule has 2 aromatic rings. The minimum atomic E-state index is -0.527. The molecule has 0 saturated carbocycles. The van der Waals surface area contributed by atoms with Gasteiger partial charge in [0.1, 0.15) is 23.6 Å². The highest BCUT2D eigenvalue weighted by molar-refractivity contribution is 5.95. The minimum absolute atomic E-state index is 0.258. The molecule has 0 bridgehead atoms. The molecule has 0 radical (unpaired) electrons. The molecule has 1 aromatic carbocycles. The largest absolute Gasteiger partial charge is 0.495 e. The van der Waals surface area contributed by atoms with Crippen molar-refractivity contribution in [3.05, 3.63) is 42.2 Å². The molecule has 1 atom stereocenters. The summed E-state index contributed by atoms with van der Waals surface area (Å²) in [6, 6.07) is 9.91. The van der Waals surface area contributed by atoms with E-state index in [0.717, 1.165) is 0 Å². The number of aromatic nitrogens is 1. The lowest BCUT2D eigenvalue weighted by Crippen LogP contribution is -2.24. The molecule has 1 unspecified atom stereocenters. The Balaban J connectivity index is 2.22. The van der Waals surface area contributed by atoms with E-state index in [9.17, 15) is 4.79 Å². The molecule has 0 saturated heterocycles. The van der Waals surface area contributed by atoms with Gasteiger partial charge in [0.2, 0.25) is 5.91 Å². The minimum Gasteiger partial charge on any atom is -0.495 e. The van der Waals surface area contributed by atoms with E-state index in [0.29, 0.717) is 22.8 Å². The molecule has 1 aromatic heterocycles. The Morgan fingerprint density at radius 2 is 2.24 bits per heavy atom. The number of nitrogen functional groups attached to an aromatic ring is 1. The Hall–Kier alpha value is -2.94. The number of amides is 1. The van der Waals surface area contributed by atoms with Crippen molar-refractivity contribution >= 4 is 17.3 Å². The summed E-state index contributed by atoms with van der Waals surface area (Å²) in [7, 11) is 1.52. The van der Waals surface area contributed by atoms with Crippen LogP contribution >= 0.6 is 0 Å². The van der Waals surface area contributed by atoms with Crippen molar-refractivity contribution in [3.8, 4) is 11.8 Å². The van der Waals surface area contributed by atoms with Crippen LogP contribution in [0.4, 0.5) is 11.4 Å². The Morgan fingerprint density at radius 3 is 2.90 bits per heavy atom. The van der Waals surface area contributed by atoms with Gasteiger partial charge in [0.25, 0.3) is 0 Å². The molecular weight excluding hydrogens is 268 g/mol. The number of nitrogens with zero attached hydrogens (tertiary/aromatic N) is 2. The maximum Gasteiger partial charge on any atom is 0.247 e. The van der Waals surface area contributed by atoms with Crippen molar-refractivity contribution < 1.29 is 9.53 Å². The topological polar surface area (TPSA) is 93.1 Å². The first kappa shape index (κ1) is 14.5. The van der Waals surface area contributed by atoms with E-state index in [1.54, 1.807) is 48.0 Å². The summed E-state index contributed by atoms with van der Waals surface area (Å²) in [5.74, 6) is 0.268. The number of carbonyl (C=O) groups excluding carboxylic acids is 1. The lowest BCUT2D eigenvalue weighted by atomic mass is 10.2. The van der Waals surface area contributed by atoms with Gasteiger partial charge in [-0.25, -0.2) is 0 Å². The summed E-state index contributed by atoms with van der Waals surface area (Å²) >= 11 is 0. The fourth-order valence-electron chi connectivity index (χ4n) is 2.01. The monoisotopic (exact) mass is 284 g/mol. The normalized spacial score (nSPS) is 11.5. The number of hydrogen-bond acceptors (Lipinski definition) is 4. The number of ether oxygens (including phenoxy) is 1. The average Bonchev–Trinajstić information content (AvgIpc) is 2.95. The number of benzene rings is 1. The Labute approximate surface area is 122 Å². The molecule has 6 nitrogen and oxygen atoms in total. The maximum absolute atomic E-state index is 12.3. The zero-order valence-electron chi connectivity index (χ0n) is 11.8. The molecule has 3 N–H and O–H groups in total. The summed E-state index contributed by atoms with van der Waals surface area (Å²) in [4.78, 5) is 12.3. The first-order valence-electron chi connectivity index (χ1n) is 6.38. The number of carbonyl (C=O) groups is 1. The third-order valence-corrected chi connectivity index (χ3v) is 3.17. The first-order chi connectivity index (χ1) is 10.1. The van der Waals surface area contributed by atoms with Gasteiger partial charge in [-0.05, 0) is 37.3 Å². The van der Waals surface area contributed by atoms with Gasteiger partial charge in [0.15, 0.2) is 0 Å². The lowest BCUT2D eigenvalue weighted by Gasteiger charge is -2.16. The quantitative estimate of drug-likeness (QED) is 0.841. The Morgan fingerprint density at radius 1 is 1.48 bits per heavy atom. The van der Waals surface area contributed by atoms with Gasteiger partial charge in [0, 0.05) is 11.9 Å². The highest BCUT2D eigenvalue weighted by atomic mass is 16.5. The van der Waals surface area contributed by atoms with Gasteiger partial charge < -0.3 is 20.4 Å². The molecule has 0 spiro atoms. The third kappa shape index (κ3) is 2.98. The zero-order valence-corrected chi connectivity index (χ0v) is 11.8. The van der Waals surface area contributed by atoms with Crippen LogP contribution in [0.25, 0.3) is 0 Å². The number of nitriles is 1. The van der Waals surface area contributed by atoms with Crippen LogP contribution in [0.5, 0.6) is 5.75 Å². The van der Waals surface area contributed by atoms with Crippen molar-refractivity contribution in [2.75, 3.05) is 18.2 Å². The number of nitrogens with two attached hydrogens (primary N) is 1. The maximum atomic E-state index is 12.3. The van der Waals surface area contributed by atoms with Gasteiger partial charge in [-0.15, -0.1) is 0 Å². The van der Waals surface area contributed by atoms with Gasteiger partial charge in [-0.2, -0.15) is 5.26 Å². The van der Waals surface area contributed by atoms with E-state index in [4.69, 9.17) is 15.7 Å². The number of methoxy groups -OCH3 is 1. The molecule has 2 rings (SSSR count). The predicted molar refractivity (Wildman–Crippen MR) is 79.9 cm³/mol. The van der Waals surface area contributed by atoms with Crippen LogP contribution < -0.4 is 15.8 Å². The smallest absolute Gasteiger partial charge is 0.247 e. The second kappa shape index (κ2) is 6.01. The molecule has 0 aliphatic carbocycles. The molecule has 1 heterocycles. The van der Waals surface area contributed by atoms with E-state index in [2.05, 4.69) is 5.32 Å². The molecular formula is C15H16N4O2. The van der Waals surface area contributed by atoms with E-state index >= 15 is 0 Å². The highest BCUT2D eigenvalue weighted by Crippen LogP contribution is 2.27. The van der Waals surface area contributed by atoms with Crippen LogP contribution in [0.1, 0.15) is 18.7 Å². The van der Waals surface area contributed by atoms with Crippen molar-refractivity contribution in [2.24, 2.45) is 0 Å². The molecule has 21 heavy (non-hydrogen) atoms. The first-order valence-corrected chi connectivity index (χ1v) is 6.38. The summed E-state index contributed by atoms with van der Waals surface area (Å²) in [5.41, 5.74) is 7.17. The molecule has 1 amide bonds. The van der Waals surface area contributed by atoms with E-state index in [-0.39, 0.29) is 5.91 Å². The van der Waals surface area contributed by atoms with Crippen molar-refractivity contribution in [2.45, 2.75) is 13.0 Å². The standard InChI is InChI=1S/C15H16N4O2/c1-10(19-7-3-4-12(19)9-16)15(20)18-13-8-11(17)5-6-14(13)21-2/h3-8,10H,17H2,1-2H3,(H,18,20). The summed E-state index contributed by atoms with van der Waals surface area (Å²) in [6.07, 6.45) is 1.69. The zero-order chi connectivity index (χ0) is 15.4. The fraction of sp³-hybridized carbons (Fsp3) is 0.200. The second-order valence-corrected chi connectivity index (χ2v) is 4.54. The van der Waals surface area contributed by atoms with Gasteiger partial charge in [-0.1, -0.05) is 0 Å². The van der Waals surface area contributed by atoms with Crippen LogP contribution in [-0.2, 0) is 4.79 Å². The molecule has 0 aliphatic rings.